The van der Waals surface area contributed by atoms with Gasteiger partial charge in [0.05, 0.1) is 12.3 Å². The summed E-state index contributed by atoms with van der Waals surface area (Å²) in [4.78, 5) is 9.18. The summed E-state index contributed by atoms with van der Waals surface area (Å²) in [7, 11) is 0. The van der Waals surface area contributed by atoms with Crippen molar-refractivity contribution in [2.75, 3.05) is 39.3 Å². The summed E-state index contributed by atoms with van der Waals surface area (Å²) in [6.45, 7) is 5.72. The first-order chi connectivity index (χ1) is 10.7. The van der Waals surface area contributed by atoms with Crippen molar-refractivity contribution in [1.29, 1.82) is 0 Å². The largest absolute Gasteiger partial charge is 0.444 e. The molecule has 6 heteroatoms. The molecule has 0 atom stereocenters. The van der Waals surface area contributed by atoms with Gasteiger partial charge in [0.25, 0.3) is 0 Å². The van der Waals surface area contributed by atoms with Crippen LogP contribution in [0.2, 0.25) is 5.02 Å². The fourth-order valence-corrected chi connectivity index (χ4v) is 2.87. The number of hydrogen-bond acceptors (Lipinski definition) is 5. The maximum atomic E-state index is 8.96. The molecule has 22 heavy (non-hydrogen) atoms. The first-order valence-corrected chi connectivity index (χ1v) is 7.88. The minimum absolute atomic E-state index is 0.228. The molecule has 0 amide bonds. The lowest BCUT2D eigenvalue weighted by Crippen LogP contribution is -2.46. The molecule has 1 fully saturated rings. The zero-order valence-electron chi connectivity index (χ0n) is 12.4. The first-order valence-electron chi connectivity index (χ1n) is 7.50. The Balaban J connectivity index is 1.58. The Morgan fingerprint density at radius 3 is 2.68 bits per heavy atom. The van der Waals surface area contributed by atoms with E-state index >= 15 is 0 Å². The molecule has 1 saturated heterocycles. The van der Waals surface area contributed by atoms with Gasteiger partial charge in [0.1, 0.15) is 6.26 Å². The molecule has 0 saturated carbocycles. The first kappa shape index (κ1) is 15.5. The molecule has 1 aliphatic rings. The summed E-state index contributed by atoms with van der Waals surface area (Å²) >= 11 is 6.00. The number of oxazole rings is 1. The quantitative estimate of drug-likeness (QED) is 0.914. The third kappa shape index (κ3) is 3.87. The highest BCUT2D eigenvalue weighted by Gasteiger charge is 2.18. The molecular weight excluding hydrogens is 302 g/mol. The zero-order valence-corrected chi connectivity index (χ0v) is 13.2. The van der Waals surface area contributed by atoms with Crippen molar-refractivity contribution in [3.63, 3.8) is 0 Å². The SMILES string of the molecule is OCCN1CCN(Cc2coc(-c3cccc(Cl)c3)n2)CC1. The van der Waals surface area contributed by atoms with Crippen LogP contribution in [0.1, 0.15) is 5.69 Å². The van der Waals surface area contributed by atoms with E-state index in [1.165, 1.54) is 0 Å². The molecule has 1 N–H and O–H groups in total. The molecule has 0 radical (unpaired) electrons. The van der Waals surface area contributed by atoms with E-state index in [-0.39, 0.29) is 6.61 Å². The van der Waals surface area contributed by atoms with E-state index in [0.717, 1.165) is 50.5 Å². The highest BCUT2D eigenvalue weighted by atomic mass is 35.5. The molecule has 2 aromatic rings. The minimum Gasteiger partial charge on any atom is -0.444 e. The van der Waals surface area contributed by atoms with Gasteiger partial charge in [-0.1, -0.05) is 17.7 Å². The fraction of sp³-hybridized carbons (Fsp3) is 0.438. The Hall–Kier alpha value is -1.40. The van der Waals surface area contributed by atoms with Crippen molar-refractivity contribution in [2.45, 2.75) is 6.54 Å². The van der Waals surface area contributed by atoms with Gasteiger partial charge in [-0.25, -0.2) is 4.98 Å². The van der Waals surface area contributed by atoms with Gasteiger partial charge in [-0.2, -0.15) is 0 Å². The molecule has 0 bridgehead atoms. The molecule has 1 aliphatic heterocycles. The maximum Gasteiger partial charge on any atom is 0.226 e. The molecule has 0 unspecified atom stereocenters. The predicted octanol–water partition coefficient (Wildman–Crippen LogP) is 2.10. The summed E-state index contributed by atoms with van der Waals surface area (Å²) in [5.74, 6) is 0.608. The predicted molar refractivity (Wildman–Crippen MR) is 85.8 cm³/mol. The van der Waals surface area contributed by atoms with E-state index < -0.39 is 0 Å². The summed E-state index contributed by atoms with van der Waals surface area (Å²) in [6.07, 6.45) is 1.72. The number of aliphatic hydroxyl groups excluding tert-OH is 1. The van der Waals surface area contributed by atoms with Crippen LogP contribution in [0.4, 0.5) is 0 Å². The number of nitrogens with zero attached hydrogens (tertiary/aromatic N) is 3. The molecule has 5 nitrogen and oxygen atoms in total. The van der Waals surface area contributed by atoms with Crippen LogP contribution in [0.5, 0.6) is 0 Å². The molecular formula is C16H20ClN3O2. The summed E-state index contributed by atoms with van der Waals surface area (Å²) in [6, 6.07) is 7.52. The van der Waals surface area contributed by atoms with Gasteiger partial charge < -0.3 is 9.52 Å². The minimum atomic E-state index is 0.228. The molecule has 1 aromatic carbocycles. The van der Waals surface area contributed by atoms with Gasteiger partial charge >= 0.3 is 0 Å². The van der Waals surface area contributed by atoms with Crippen LogP contribution in [0.25, 0.3) is 11.5 Å². The molecule has 0 spiro atoms. The van der Waals surface area contributed by atoms with Crippen LogP contribution in [-0.2, 0) is 6.54 Å². The van der Waals surface area contributed by atoms with E-state index in [4.69, 9.17) is 21.1 Å². The van der Waals surface area contributed by atoms with Crippen LogP contribution < -0.4 is 0 Å². The lowest BCUT2D eigenvalue weighted by atomic mass is 10.2. The second-order valence-electron chi connectivity index (χ2n) is 5.50. The standard InChI is InChI=1S/C16H20ClN3O2/c17-14-3-1-2-13(10-14)16-18-15(12-22-16)11-20-6-4-19(5-7-20)8-9-21/h1-3,10,12,21H,4-9,11H2. The van der Waals surface area contributed by atoms with Gasteiger partial charge in [-0.3, -0.25) is 9.80 Å². The van der Waals surface area contributed by atoms with Crippen LogP contribution in [-0.4, -0.2) is 59.2 Å². The Kier molecular flexibility index (Phi) is 5.10. The van der Waals surface area contributed by atoms with Crippen molar-refractivity contribution in [2.24, 2.45) is 0 Å². The molecule has 2 heterocycles. The average Bonchev–Trinajstić information content (AvgIpc) is 2.98. The van der Waals surface area contributed by atoms with E-state index in [0.29, 0.717) is 10.9 Å². The van der Waals surface area contributed by atoms with Gasteiger partial charge in [-0.15, -0.1) is 0 Å². The fourth-order valence-electron chi connectivity index (χ4n) is 2.68. The van der Waals surface area contributed by atoms with E-state index in [9.17, 15) is 0 Å². The van der Waals surface area contributed by atoms with E-state index in [2.05, 4.69) is 14.8 Å². The van der Waals surface area contributed by atoms with E-state index in [1.807, 2.05) is 24.3 Å². The Labute approximate surface area is 135 Å². The van der Waals surface area contributed by atoms with Crippen LogP contribution >= 0.6 is 11.6 Å². The Bertz CT molecular complexity index is 609. The smallest absolute Gasteiger partial charge is 0.226 e. The van der Waals surface area contributed by atoms with E-state index in [1.54, 1.807) is 6.26 Å². The highest BCUT2D eigenvalue weighted by molar-refractivity contribution is 6.30. The van der Waals surface area contributed by atoms with Gasteiger partial charge in [0.2, 0.25) is 5.89 Å². The van der Waals surface area contributed by atoms with Gasteiger partial charge in [0.15, 0.2) is 0 Å². The molecule has 118 valence electrons. The lowest BCUT2D eigenvalue weighted by Gasteiger charge is -2.33. The molecule has 3 rings (SSSR count). The number of benzene rings is 1. The summed E-state index contributed by atoms with van der Waals surface area (Å²) < 4.78 is 5.57. The number of hydrogen-bond donors (Lipinski definition) is 1. The number of β-amino-alcohol motifs (C(OH)–C–C–N with tert-alkyl or cyclic N) is 1. The maximum absolute atomic E-state index is 8.96. The lowest BCUT2D eigenvalue weighted by molar-refractivity contribution is 0.107. The Morgan fingerprint density at radius 1 is 1.18 bits per heavy atom. The molecule has 0 aliphatic carbocycles. The molecule has 1 aromatic heterocycles. The average molecular weight is 322 g/mol. The monoisotopic (exact) mass is 321 g/mol. The second kappa shape index (κ2) is 7.24. The number of rotatable bonds is 5. The second-order valence-corrected chi connectivity index (χ2v) is 5.93. The van der Waals surface area contributed by atoms with Gasteiger partial charge in [-0.05, 0) is 18.2 Å². The highest BCUT2D eigenvalue weighted by Crippen LogP contribution is 2.22. The van der Waals surface area contributed by atoms with Crippen molar-refractivity contribution in [1.82, 2.24) is 14.8 Å². The van der Waals surface area contributed by atoms with Crippen LogP contribution in [0.15, 0.2) is 34.9 Å². The van der Waals surface area contributed by atoms with Crippen molar-refractivity contribution in [3.8, 4) is 11.5 Å². The third-order valence-electron chi connectivity index (χ3n) is 3.89. The van der Waals surface area contributed by atoms with Crippen LogP contribution in [0.3, 0.4) is 0 Å². The van der Waals surface area contributed by atoms with Crippen molar-refractivity contribution < 1.29 is 9.52 Å². The number of piperazine rings is 1. The van der Waals surface area contributed by atoms with Crippen LogP contribution in [0, 0.1) is 0 Å². The van der Waals surface area contributed by atoms with Gasteiger partial charge in [0, 0.05) is 49.9 Å². The van der Waals surface area contributed by atoms with Crippen molar-refractivity contribution >= 4 is 11.6 Å². The third-order valence-corrected chi connectivity index (χ3v) is 4.13. The zero-order chi connectivity index (χ0) is 15.4. The normalized spacial score (nSPS) is 17.0. The van der Waals surface area contributed by atoms with Crippen molar-refractivity contribution in [3.05, 3.63) is 41.2 Å². The number of aliphatic hydroxyl groups is 1. The summed E-state index contributed by atoms with van der Waals surface area (Å²) in [5, 5.41) is 9.64. The number of halogens is 1. The number of aromatic nitrogens is 1. The summed E-state index contributed by atoms with van der Waals surface area (Å²) in [5.41, 5.74) is 1.83. The Morgan fingerprint density at radius 2 is 1.95 bits per heavy atom. The topological polar surface area (TPSA) is 52.7 Å².